The van der Waals surface area contributed by atoms with Crippen LogP contribution in [0.3, 0.4) is 0 Å². The molecule has 0 spiro atoms. The molecular formula is C21H33N7O6. The highest BCUT2D eigenvalue weighted by Crippen LogP contribution is 2.22. The van der Waals surface area contributed by atoms with E-state index < -0.39 is 35.7 Å². The lowest BCUT2D eigenvalue weighted by atomic mass is 10.0. The number of carbonyl (C=O) groups excluding carboxylic acids is 2. The Morgan fingerprint density at radius 2 is 2.00 bits per heavy atom. The predicted octanol–water partition coefficient (Wildman–Crippen LogP) is 1.64. The first-order valence-electron chi connectivity index (χ1n) is 10.8. The average molecular weight is 480 g/mol. The van der Waals surface area contributed by atoms with E-state index in [1.165, 1.54) is 0 Å². The normalized spacial score (nSPS) is 13.5. The van der Waals surface area contributed by atoms with Gasteiger partial charge in [0.2, 0.25) is 11.9 Å². The Balaban J connectivity index is 2.82. The minimum Gasteiger partial charge on any atom is -0.480 e. The molecule has 188 valence electrons. The lowest BCUT2D eigenvalue weighted by Gasteiger charge is -2.23. The molecule has 1 aromatic rings. The average Bonchev–Trinajstić information content (AvgIpc) is 3.18. The van der Waals surface area contributed by atoms with E-state index >= 15 is 0 Å². The number of oxazole rings is 1. The van der Waals surface area contributed by atoms with Crippen LogP contribution in [0.4, 0.5) is 4.79 Å². The third kappa shape index (κ3) is 10.7. The molecule has 0 saturated heterocycles. The van der Waals surface area contributed by atoms with Gasteiger partial charge < -0.3 is 30.6 Å². The molecule has 34 heavy (non-hydrogen) atoms. The topological polar surface area (TPSA) is 205 Å². The summed E-state index contributed by atoms with van der Waals surface area (Å²) in [6, 6.07) is -1.84. The van der Waals surface area contributed by atoms with Gasteiger partial charge in [0.1, 0.15) is 23.9 Å². The van der Waals surface area contributed by atoms with Gasteiger partial charge in [0.05, 0.1) is 0 Å². The second-order valence-corrected chi connectivity index (χ2v) is 8.91. The number of nitrogens with one attached hydrogen (secondary N) is 3. The molecular weight excluding hydrogens is 446 g/mol. The third-order valence-corrected chi connectivity index (χ3v) is 4.17. The number of carboxylic acid groups (broad SMARTS) is 1. The van der Waals surface area contributed by atoms with Gasteiger partial charge in [0, 0.05) is 6.54 Å². The Morgan fingerprint density at radius 1 is 1.32 bits per heavy atom. The summed E-state index contributed by atoms with van der Waals surface area (Å²) in [5.41, 5.74) is 4.60. The van der Waals surface area contributed by atoms with Crippen LogP contribution < -0.4 is 21.7 Å². The molecule has 0 radical (unpaired) electrons. The van der Waals surface area contributed by atoms with E-state index in [1.807, 2.05) is 13.8 Å². The summed E-state index contributed by atoms with van der Waals surface area (Å²) in [5, 5.41) is 25.1. The molecule has 0 saturated carbocycles. The second-order valence-electron chi connectivity index (χ2n) is 8.91. The SMILES string of the molecule is CC(C)C[C@H](NC(=O)OC(C)(C)C)c1nc(C(=O)N[C@@H](CCCN=C(N)NC#N)C(=O)O)co1. The molecule has 1 heterocycles. The first-order valence-corrected chi connectivity index (χ1v) is 10.8. The van der Waals surface area contributed by atoms with Crippen molar-refractivity contribution in [2.75, 3.05) is 6.54 Å². The number of rotatable bonds is 11. The predicted molar refractivity (Wildman–Crippen MR) is 121 cm³/mol. The largest absolute Gasteiger partial charge is 0.480 e. The van der Waals surface area contributed by atoms with E-state index in [2.05, 4.69) is 25.9 Å². The minimum absolute atomic E-state index is 0.0747. The molecule has 2 atom stereocenters. The molecule has 6 N–H and O–H groups in total. The zero-order chi connectivity index (χ0) is 25.9. The van der Waals surface area contributed by atoms with E-state index in [9.17, 15) is 19.5 Å². The molecule has 13 heteroatoms. The van der Waals surface area contributed by atoms with Gasteiger partial charge in [-0.25, -0.2) is 14.6 Å². The van der Waals surface area contributed by atoms with Crippen LogP contribution in [0.15, 0.2) is 15.7 Å². The van der Waals surface area contributed by atoms with Crippen molar-refractivity contribution in [1.82, 2.24) is 20.9 Å². The summed E-state index contributed by atoms with van der Waals surface area (Å²) < 4.78 is 10.7. The number of hydrogen-bond acceptors (Lipinski definition) is 8. The van der Waals surface area contributed by atoms with Crippen LogP contribution in [0.1, 0.15) is 76.3 Å². The van der Waals surface area contributed by atoms with Crippen LogP contribution in [0.5, 0.6) is 0 Å². The van der Waals surface area contributed by atoms with Gasteiger partial charge in [-0.2, -0.15) is 5.26 Å². The molecule has 1 rings (SSSR count). The molecule has 13 nitrogen and oxygen atoms in total. The van der Waals surface area contributed by atoms with E-state index in [0.29, 0.717) is 12.8 Å². The highest BCUT2D eigenvalue weighted by Gasteiger charge is 2.27. The maximum Gasteiger partial charge on any atom is 0.408 e. The van der Waals surface area contributed by atoms with E-state index in [-0.39, 0.29) is 36.4 Å². The smallest absolute Gasteiger partial charge is 0.408 e. The van der Waals surface area contributed by atoms with Crippen LogP contribution in [0, 0.1) is 17.4 Å². The number of nitrogens with zero attached hydrogens (tertiary/aromatic N) is 3. The van der Waals surface area contributed by atoms with Gasteiger partial charge in [-0.15, -0.1) is 0 Å². The molecule has 0 aliphatic heterocycles. The Labute approximate surface area is 198 Å². The molecule has 1 aromatic heterocycles. The van der Waals surface area contributed by atoms with Crippen molar-refractivity contribution in [3.8, 4) is 6.19 Å². The number of guanidine groups is 1. The zero-order valence-corrected chi connectivity index (χ0v) is 20.0. The van der Waals surface area contributed by atoms with Crippen LogP contribution >= 0.6 is 0 Å². The standard InChI is InChI=1S/C21H33N7O6/c1-12(2)9-14(28-20(32)34-21(3,4)5)17-27-15(10-33-17)16(29)26-13(18(30)31)7-6-8-24-19(23)25-11-22/h10,12-14H,6-9H2,1-5H3,(H,26,29)(H,28,32)(H,30,31)(H3,23,24,25)/t13-,14-/m0/s1. The highest BCUT2D eigenvalue weighted by atomic mass is 16.6. The van der Waals surface area contributed by atoms with Gasteiger partial charge in [0.25, 0.3) is 5.91 Å². The van der Waals surface area contributed by atoms with Gasteiger partial charge >= 0.3 is 12.1 Å². The fourth-order valence-corrected chi connectivity index (χ4v) is 2.78. The number of aliphatic carboxylic acids is 1. The van der Waals surface area contributed by atoms with Gasteiger partial charge in [-0.1, -0.05) is 13.8 Å². The quantitative estimate of drug-likeness (QED) is 0.102. The van der Waals surface area contributed by atoms with Gasteiger partial charge in [-0.3, -0.25) is 15.1 Å². The number of carbonyl (C=O) groups is 3. The number of carboxylic acids is 1. The Kier molecular flexibility index (Phi) is 10.8. The van der Waals surface area contributed by atoms with Crippen molar-refractivity contribution in [1.29, 1.82) is 5.26 Å². The third-order valence-electron chi connectivity index (χ3n) is 4.17. The number of amides is 2. The Hall–Kier alpha value is -3.82. The van der Waals surface area contributed by atoms with E-state index in [4.69, 9.17) is 20.1 Å². The lowest BCUT2D eigenvalue weighted by molar-refractivity contribution is -0.139. The molecule has 0 unspecified atom stereocenters. The van der Waals surface area contributed by atoms with E-state index in [1.54, 1.807) is 27.0 Å². The molecule has 0 aliphatic carbocycles. The van der Waals surface area contributed by atoms with Crippen molar-refractivity contribution < 1.29 is 28.6 Å². The number of aliphatic imine (C=N–C) groups is 1. The highest BCUT2D eigenvalue weighted by molar-refractivity contribution is 5.94. The summed E-state index contributed by atoms with van der Waals surface area (Å²) >= 11 is 0. The number of aromatic nitrogens is 1. The maximum atomic E-state index is 12.6. The summed E-state index contributed by atoms with van der Waals surface area (Å²) in [6.45, 7) is 9.28. The molecule has 0 aromatic carbocycles. The lowest BCUT2D eigenvalue weighted by Crippen LogP contribution is -2.41. The van der Waals surface area contributed by atoms with Crippen molar-refractivity contribution in [2.24, 2.45) is 16.6 Å². The first-order chi connectivity index (χ1) is 15.8. The maximum absolute atomic E-state index is 12.6. The van der Waals surface area contributed by atoms with Crippen molar-refractivity contribution in [3.05, 3.63) is 17.8 Å². The molecule has 0 aliphatic rings. The molecule has 2 amide bonds. The zero-order valence-electron chi connectivity index (χ0n) is 20.0. The number of alkyl carbamates (subject to hydrolysis) is 1. The fraction of sp³-hybridized carbons (Fsp3) is 0.619. The number of ether oxygens (including phenoxy) is 1. The van der Waals surface area contributed by atoms with Gasteiger partial charge in [0.15, 0.2) is 11.9 Å². The summed E-state index contributed by atoms with van der Waals surface area (Å²) in [5.74, 6) is -1.78. The molecule has 0 bridgehead atoms. The van der Waals surface area contributed by atoms with Crippen LogP contribution in [0.25, 0.3) is 0 Å². The monoisotopic (exact) mass is 479 g/mol. The van der Waals surface area contributed by atoms with Crippen molar-refractivity contribution in [3.63, 3.8) is 0 Å². The van der Waals surface area contributed by atoms with Crippen LogP contribution in [0.2, 0.25) is 0 Å². The fourth-order valence-electron chi connectivity index (χ4n) is 2.78. The van der Waals surface area contributed by atoms with Crippen molar-refractivity contribution >= 4 is 23.9 Å². The second kappa shape index (κ2) is 13.0. The molecule has 0 fully saturated rings. The van der Waals surface area contributed by atoms with Crippen LogP contribution in [-0.4, -0.2) is 52.2 Å². The van der Waals surface area contributed by atoms with Gasteiger partial charge in [-0.05, 0) is 46.0 Å². The number of nitrogens with two attached hydrogens (primary N) is 1. The Morgan fingerprint density at radius 3 is 2.56 bits per heavy atom. The number of hydrogen-bond donors (Lipinski definition) is 5. The van der Waals surface area contributed by atoms with Crippen molar-refractivity contribution in [2.45, 2.75) is 71.6 Å². The summed E-state index contributed by atoms with van der Waals surface area (Å²) in [7, 11) is 0. The first kappa shape index (κ1) is 28.2. The number of nitriles is 1. The summed E-state index contributed by atoms with van der Waals surface area (Å²) in [6.07, 6.45) is 2.92. The summed E-state index contributed by atoms with van der Waals surface area (Å²) in [4.78, 5) is 44.3. The van der Waals surface area contributed by atoms with Crippen LogP contribution in [-0.2, 0) is 9.53 Å². The Bertz CT molecular complexity index is 913. The minimum atomic E-state index is -1.23. The van der Waals surface area contributed by atoms with E-state index in [0.717, 1.165) is 6.26 Å².